The lowest BCUT2D eigenvalue weighted by atomic mass is 10.1. The Kier molecular flexibility index (Phi) is 3.36. The Bertz CT molecular complexity index is 403. The predicted molar refractivity (Wildman–Crippen MR) is 47.1 cm³/mol. The number of aliphatic carboxylic acids is 1. The molecule has 1 N–H and O–H groups in total. The van der Waals surface area contributed by atoms with E-state index in [1.165, 1.54) is 7.11 Å². The molecule has 16 heavy (non-hydrogen) atoms. The summed E-state index contributed by atoms with van der Waals surface area (Å²) in [7, 11) is 1.21. The third-order valence-corrected chi connectivity index (χ3v) is 1.79. The molecule has 7 heteroatoms. The number of carbonyl (C=O) groups is 1. The number of carboxylic acid groups (broad SMARTS) is 1. The topological polar surface area (TPSA) is 59.4 Å². The molecule has 0 unspecified atom stereocenters. The van der Waals surface area contributed by atoms with Gasteiger partial charge in [0.15, 0.2) is 0 Å². The monoisotopic (exact) mass is 235 g/mol. The molecule has 1 aromatic heterocycles. The van der Waals surface area contributed by atoms with Crippen molar-refractivity contribution in [1.29, 1.82) is 0 Å². The van der Waals surface area contributed by atoms with Crippen molar-refractivity contribution in [3.63, 3.8) is 0 Å². The lowest BCUT2D eigenvalue weighted by Crippen LogP contribution is -2.10. The van der Waals surface area contributed by atoms with Crippen molar-refractivity contribution in [3.05, 3.63) is 23.4 Å². The second kappa shape index (κ2) is 4.38. The van der Waals surface area contributed by atoms with Crippen molar-refractivity contribution in [2.45, 2.75) is 12.6 Å². The fourth-order valence-corrected chi connectivity index (χ4v) is 1.13. The number of pyridine rings is 1. The lowest BCUT2D eigenvalue weighted by Gasteiger charge is -2.10. The lowest BCUT2D eigenvalue weighted by molar-refractivity contribution is -0.139. The fourth-order valence-electron chi connectivity index (χ4n) is 1.13. The van der Waals surface area contributed by atoms with Crippen LogP contribution in [0, 0.1) is 0 Å². The SMILES string of the molecule is COc1ncc(C(F)(F)F)cc1CC(=O)O. The summed E-state index contributed by atoms with van der Waals surface area (Å²) in [6.45, 7) is 0. The molecule has 0 bridgehead atoms. The van der Waals surface area contributed by atoms with E-state index in [0.717, 1.165) is 6.07 Å². The normalized spacial score (nSPS) is 11.2. The Morgan fingerprint density at radius 2 is 2.19 bits per heavy atom. The number of alkyl halides is 3. The number of nitrogens with zero attached hydrogens (tertiary/aromatic N) is 1. The van der Waals surface area contributed by atoms with Crippen LogP contribution >= 0.6 is 0 Å². The first-order chi connectivity index (χ1) is 7.34. The largest absolute Gasteiger partial charge is 0.481 e. The molecule has 1 rings (SSSR count). The van der Waals surface area contributed by atoms with E-state index < -0.39 is 24.1 Å². The molecule has 4 nitrogen and oxygen atoms in total. The molecular weight excluding hydrogens is 227 g/mol. The zero-order chi connectivity index (χ0) is 12.3. The average Bonchev–Trinajstić information content (AvgIpc) is 2.15. The number of ether oxygens (including phenoxy) is 1. The van der Waals surface area contributed by atoms with Crippen molar-refractivity contribution in [1.82, 2.24) is 4.98 Å². The van der Waals surface area contributed by atoms with Gasteiger partial charge in [-0.05, 0) is 6.07 Å². The molecule has 0 aliphatic carbocycles. The Labute approximate surface area is 88.7 Å². The van der Waals surface area contributed by atoms with Gasteiger partial charge in [0, 0.05) is 11.8 Å². The Morgan fingerprint density at radius 3 is 2.62 bits per heavy atom. The highest BCUT2D eigenvalue weighted by atomic mass is 19.4. The van der Waals surface area contributed by atoms with Gasteiger partial charge in [-0.25, -0.2) is 4.98 Å². The number of carboxylic acids is 1. The molecule has 0 aromatic carbocycles. The van der Waals surface area contributed by atoms with Gasteiger partial charge >= 0.3 is 12.1 Å². The number of hydrogen-bond donors (Lipinski definition) is 1. The summed E-state index contributed by atoms with van der Waals surface area (Å²) in [6, 6.07) is 0.722. The summed E-state index contributed by atoms with van der Waals surface area (Å²) in [4.78, 5) is 13.8. The van der Waals surface area contributed by atoms with Gasteiger partial charge in [-0.1, -0.05) is 0 Å². The number of halogens is 3. The summed E-state index contributed by atoms with van der Waals surface area (Å²) in [6.07, 6.45) is -4.52. The Hall–Kier alpha value is -1.79. The summed E-state index contributed by atoms with van der Waals surface area (Å²) in [5, 5.41) is 8.52. The summed E-state index contributed by atoms with van der Waals surface area (Å²) in [5.74, 6) is -1.37. The first kappa shape index (κ1) is 12.3. The van der Waals surface area contributed by atoms with Crippen LogP contribution in [0.5, 0.6) is 5.88 Å². The minimum absolute atomic E-state index is 0.107. The molecule has 0 saturated carbocycles. The van der Waals surface area contributed by atoms with Crippen LogP contribution in [0.3, 0.4) is 0 Å². The molecule has 0 saturated heterocycles. The smallest absolute Gasteiger partial charge is 0.417 e. The molecule has 0 amide bonds. The highest BCUT2D eigenvalue weighted by molar-refractivity contribution is 5.71. The molecular formula is C9H8F3NO3. The zero-order valence-electron chi connectivity index (χ0n) is 8.21. The van der Waals surface area contributed by atoms with Gasteiger partial charge < -0.3 is 9.84 Å². The number of aromatic nitrogens is 1. The van der Waals surface area contributed by atoms with Gasteiger partial charge in [0.1, 0.15) is 0 Å². The van der Waals surface area contributed by atoms with Crippen LogP contribution in [0.4, 0.5) is 13.2 Å². The summed E-state index contributed by atoms with van der Waals surface area (Å²) in [5.41, 5.74) is -1.10. The van der Waals surface area contributed by atoms with Crippen LogP contribution in [-0.2, 0) is 17.4 Å². The standard InChI is InChI=1S/C9H8F3NO3/c1-16-8-5(3-7(14)15)2-6(4-13-8)9(10,11)12/h2,4H,3H2,1H3,(H,14,15). The fraction of sp³-hybridized carbons (Fsp3) is 0.333. The van der Waals surface area contributed by atoms with Crippen LogP contribution in [0.15, 0.2) is 12.3 Å². The molecule has 1 aromatic rings. The average molecular weight is 235 g/mol. The van der Waals surface area contributed by atoms with E-state index in [1.807, 2.05) is 0 Å². The van der Waals surface area contributed by atoms with Crippen LogP contribution < -0.4 is 4.74 Å². The molecule has 0 spiro atoms. The second-order valence-corrected chi connectivity index (χ2v) is 2.96. The molecule has 0 atom stereocenters. The van der Waals surface area contributed by atoms with Gasteiger partial charge in [-0.3, -0.25) is 4.79 Å². The number of methoxy groups -OCH3 is 1. The zero-order valence-corrected chi connectivity index (χ0v) is 8.21. The van der Waals surface area contributed by atoms with Crippen molar-refractivity contribution >= 4 is 5.97 Å². The summed E-state index contributed by atoms with van der Waals surface area (Å²) >= 11 is 0. The van der Waals surface area contributed by atoms with Crippen molar-refractivity contribution < 1.29 is 27.8 Å². The molecule has 1 heterocycles. The maximum absolute atomic E-state index is 12.3. The van der Waals surface area contributed by atoms with E-state index in [0.29, 0.717) is 6.20 Å². The van der Waals surface area contributed by atoms with E-state index in [2.05, 4.69) is 9.72 Å². The van der Waals surface area contributed by atoms with Crippen LogP contribution in [-0.4, -0.2) is 23.2 Å². The Balaban J connectivity index is 3.16. The van der Waals surface area contributed by atoms with Crippen molar-refractivity contribution in [2.75, 3.05) is 7.11 Å². The maximum atomic E-state index is 12.3. The van der Waals surface area contributed by atoms with E-state index in [4.69, 9.17) is 5.11 Å². The minimum atomic E-state index is -4.55. The van der Waals surface area contributed by atoms with E-state index in [-0.39, 0.29) is 11.4 Å². The van der Waals surface area contributed by atoms with Gasteiger partial charge in [0.2, 0.25) is 5.88 Å². The van der Waals surface area contributed by atoms with Gasteiger partial charge in [-0.15, -0.1) is 0 Å². The van der Waals surface area contributed by atoms with Crippen molar-refractivity contribution in [2.24, 2.45) is 0 Å². The van der Waals surface area contributed by atoms with Crippen LogP contribution in [0.1, 0.15) is 11.1 Å². The quantitative estimate of drug-likeness (QED) is 0.866. The first-order valence-electron chi connectivity index (χ1n) is 4.16. The summed E-state index contributed by atoms with van der Waals surface area (Å²) < 4.78 is 41.6. The third kappa shape index (κ3) is 2.85. The third-order valence-electron chi connectivity index (χ3n) is 1.79. The molecule has 0 radical (unpaired) electrons. The highest BCUT2D eigenvalue weighted by Gasteiger charge is 2.32. The van der Waals surface area contributed by atoms with Gasteiger partial charge in [0.05, 0.1) is 19.1 Å². The maximum Gasteiger partial charge on any atom is 0.417 e. The minimum Gasteiger partial charge on any atom is -0.481 e. The Morgan fingerprint density at radius 1 is 1.56 bits per heavy atom. The van der Waals surface area contributed by atoms with Gasteiger partial charge in [0.25, 0.3) is 0 Å². The van der Waals surface area contributed by atoms with E-state index >= 15 is 0 Å². The molecule has 0 fully saturated rings. The number of hydrogen-bond acceptors (Lipinski definition) is 3. The molecule has 0 aliphatic heterocycles. The first-order valence-corrected chi connectivity index (χ1v) is 4.16. The molecule has 0 aliphatic rings. The van der Waals surface area contributed by atoms with Gasteiger partial charge in [-0.2, -0.15) is 13.2 Å². The van der Waals surface area contributed by atoms with Crippen LogP contribution in [0.2, 0.25) is 0 Å². The molecule has 88 valence electrons. The highest BCUT2D eigenvalue weighted by Crippen LogP contribution is 2.31. The number of rotatable bonds is 3. The van der Waals surface area contributed by atoms with Crippen LogP contribution in [0.25, 0.3) is 0 Å². The van der Waals surface area contributed by atoms with E-state index in [9.17, 15) is 18.0 Å². The van der Waals surface area contributed by atoms with E-state index in [1.54, 1.807) is 0 Å². The van der Waals surface area contributed by atoms with Crippen molar-refractivity contribution in [3.8, 4) is 5.88 Å². The predicted octanol–water partition coefficient (Wildman–Crippen LogP) is 1.74. The second-order valence-electron chi connectivity index (χ2n) is 2.96.